The molecule has 0 unspecified atom stereocenters. The first kappa shape index (κ1) is 25.9. The molecule has 1 aromatic carbocycles. The minimum atomic E-state index is -1.26. The second kappa shape index (κ2) is 10.9. The molecule has 1 aliphatic rings. The number of carbonyl (C=O) groups is 2. The van der Waals surface area contributed by atoms with Gasteiger partial charge in [0.1, 0.15) is 11.0 Å². The maximum absolute atomic E-state index is 15.4. The average molecular weight is 554 g/mol. The van der Waals surface area contributed by atoms with Gasteiger partial charge in [0.2, 0.25) is 11.8 Å². The molecule has 12 heteroatoms. The van der Waals surface area contributed by atoms with E-state index in [1.807, 2.05) is 0 Å². The summed E-state index contributed by atoms with van der Waals surface area (Å²) < 4.78 is 20.7. The second-order valence-electron chi connectivity index (χ2n) is 8.07. The van der Waals surface area contributed by atoms with Crippen LogP contribution in [0.4, 0.5) is 9.18 Å². The van der Waals surface area contributed by atoms with E-state index in [4.69, 9.17) is 39.5 Å². The number of benzene rings is 1. The van der Waals surface area contributed by atoms with Crippen molar-refractivity contribution in [3.63, 3.8) is 0 Å². The molecule has 4 rings (SSSR count). The van der Waals surface area contributed by atoms with Gasteiger partial charge in [-0.05, 0) is 12.5 Å². The van der Waals surface area contributed by atoms with E-state index in [-0.39, 0.29) is 57.4 Å². The van der Waals surface area contributed by atoms with E-state index >= 15 is 4.39 Å². The van der Waals surface area contributed by atoms with Gasteiger partial charge in [0, 0.05) is 48.0 Å². The number of nitrogens with one attached hydrogen (secondary N) is 1. The first-order valence-electron chi connectivity index (χ1n) is 10.8. The van der Waals surface area contributed by atoms with Gasteiger partial charge in [0.05, 0.1) is 35.0 Å². The van der Waals surface area contributed by atoms with E-state index in [2.05, 4.69) is 15.3 Å². The third-order valence-electron chi connectivity index (χ3n) is 5.78. The summed E-state index contributed by atoms with van der Waals surface area (Å²) in [4.78, 5) is 32.7. The summed E-state index contributed by atoms with van der Waals surface area (Å²) in [6.45, 7) is -0.308. The fraction of sp³-hybridized carbons (Fsp3) is 0.250. The average Bonchev–Trinajstić information content (AvgIpc) is 3.26. The zero-order valence-electron chi connectivity index (χ0n) is 18.9. The number of ether oxygens (including phenoxy) is 1. The lowest BCUT2D eigenvalue weighted by atomic mass is 10.0. The number of hydrogen-bond donors (Lipinski definition) is 2. The van der Waals surface area contributed by atoms with Crippen molar-refractivity contribution in [1.82, 2.24) is 20.2 Å². The van der Waals surface area contributed by atoms with Crippen LogP contribution in [0.25, 0.3) is 22.4 Å². The van der Waals surface area contributed by atoms with Gasteiger partial charge in [-0.1, -0.05) is 53.0 Å². The number of pyridine rings is 2. The first-order valence-corrected chi connectivity index (χ1v) is 11.9. The van der Waals surface area contributed by atoms with Crippen LogP contribution >= 0.6 is 34.8 Å². The predicted octanol–water partition coefficient (Wildman–Crippen LogP) is 5.68. The standard InChI is InChI=1S/C24H20Cl3FN4O4/c1-36-23-16(11-32(24(34)35)10-12-5-6-19(33)30-12)17(28)9-18(31-23)15-4-2-3-13(20(15)25)14-7-8-29-22(27)21(14)26/h2-4,7-9,12H,5-6,10-11H2,1H3,(H,30,33)(H,34,35)/t12-/m0/s1. The summed E-state index contributed by atoms with van der Waals surface area (Å²) in [6, 6.07) is 7.59. The zero-order chi connectivity index (χ0) is 26.0. The van der Waals surface area contributed by atoms with E-state index in [0.29, 0.717) is 29.5 Å². The minimum absolute atomic E-state index is 0.00848. The molecule has 2 aromatic heterocycles. The van der Waals surface area contributed by atoms with E-state index in [0.717, 1.165) is 4.90 Å². The van der Waals surface area contributed by atoms with Crippen molar-refractivity contribution in [2.24, 2.45) is 0 Å². The summed E-state index contributed by atoms with van der Waals surface area (Å²) in [5, 5.41) is 13.0. The van der Waals surface area contributed by atoms with Crippen LogP contribution in [0.2, 0.25) is 15.2 Å². The Hall–Kier alpha value is -3.14. The Morgan fingerprint density at radius 2 is 1.94 bits per heavy atom. The van der Waals surface area contributed by atoms with Crippen molar-refractivity contribution in [3.05, 3.63) is 63.1 Å². The zero-order valence-corrected chi connectivity index (χ0v) is 21.2. The highest BCUT2D eigenvalue weighted by atomic mass is 35.5. The molecule has 3 heterocycles. The summed E-state index contributed by atoms with van der Waals surface area (Å²) in [5.41, 5.74) is 1.64. The van der Waals surface area contributed by atoms with Crippen molar-refractivity contribution < 1.29 is 23.8 Å². The lowest BCUT2D eigenvalue weighted by molar-refractivity contribution is -0.119. The molecule has 0 radical (unpaired) electrons. The topological polar surface area (TPSA) is 105 Å². The summed E-state index contributed by atoms with van der Waals surface area (Å²) in [5.74, 6) is -0.947. The van der Waals surface area contributed by atoms with Crippen LogP contribution in [0, 0.1) is 5.82 Å². The van der Waals surface area contributed by atoms with E-state index in [1.54, 1.807) is 24.3 Å². The molecular weight excluding hydrogens is 534 g/mol. The van der Waals surface area contributed by atoms with Gasteiger partial charge in [-0.3, -0.25) is 4.79 Å². The number of nitrogens with zero attached hydrogens (tertiary/aromatic N) is 3. The maximum Gasteiger partial charge on any atom is 0.407 e. The van der Waals surface area contributed by atoms with Crippen LogP contribution in [0.5, 0.6) is 5.88 Å². The first-order chi connectivity index (χ1) is 17.2. The predicted molar refractivity (Wildman–Crippen MR) is 134 cm³/mol. The van der Waals surface area contributed by atoms with Crippen LogP contribution in [0.3, 0.4) is 0 Å². The number of rotatable bonds is 7. The minimum Gasteiger partial charge on any atom is -0.481 e. The van der Waals surface area contributed by atoms with Gasteiger partial charge in [0.25, 0.3) is 0 Å². The summed E-state index contributed by atoms with van der Waals surface area (Å²) in [6.07, 6.45) is 1.06. The summed E-state index contributed by atoms with van der Waals surface area (Å²) in [7, 11) is 1.31. The van der Waals surface area contributed by atoms with Gasteiger partial charge in [-0.2, -0.15) is 0 Å². The lowest BCUT2D eigenvalue weighted by Gasteiger charge is -2.24. The Labute approximate surface area is 221 Å². The number of methoxy groups -OCH3 is 1. The molecule has 1 atom stereocenters. The molecule has 1 aliphatic heterocycles. The third kappa shape index (κ3) is 5.33. The largest absolute Gasteiger partial charge is 0.481 e. The Kier molecular flexibility index (Phi) is 7.82. The van der Waals surface area contributed by atoms with E-state index < -0.39 is 11.9 Å². The van der Waals surface area contributed by atoms with Crippen molar-refractivity contribution in [2.75, 3.05) is 13.7 Å². The fourth-order valence-electron chi connectivity index (χ4n) is 4.01. The summed E-state index contributed by atoms with van der Waals surface area (Å²) >= 11 is 19.0. The molecule has 8 nitrogen and oxygen atoms in total. The molecule has 188 valence electrons. The van der Waals surface area contributed by atoms with Gasteiger partial charge in [-0.25, -0.2) is 19.2 Å². The van der Waals surface area contributed by atoms with Crippen LogP contribution in [-0.2, 0) is 11.3 Å². The number of halogens is 4. The van der Waals surface area contributed by atoms with Crippen LogP contribution < -0.4 is 10.1 Å². The molecule has 0 bridgehead atoms. The quantitative estimate of drug-likeness (QED) is 0.365. The van der Waals surface area contributed by atoms with Gasteiger partial charge in [-0.15, -0.1) is 0 Å². The number of carboxylic acid groups (broad SMARTS) is 1. The molecule has 1 saturated heterocycles. The van der Waals surface area contributed by atoms with E-state index in [1.165, 1.54) is 19.4 Å². The molecular formula is C24H20Cl3FN4O4. The van der Waals surface area contributed by atoms with Crippen LogP contribution in [-0.4, -0.2) is 51.7 Å². The lowest BCUT2D eigenvalue weighted by Crippen LogP contribution is -2.41. The van der Waals surface area contributed by atoms with Gasteiger partial charge >= 0.3 is 6.09 Å². The smallest absolute Gasteiger partial charge is 0.407 e. The molecule has 3 aromatic rings. The molecule has 0 spiro atoms. The van der Waals surface area contributed by atoms with E-state index in [9.17, 15) is 14.7 Å². The number of carbonyl (C=O) groups excluding carboxylic acids is 1. The normalized spacial score (nSPS) is 15.0. The Morgan fingerprint density at radius 3 is 2.61 bits per heavy atom. The van der Waals surface area contributed by atoms with Crippen molar-refractivity contribution in [1.29, 1.82) is 0 Å². The van der Waals surface area contributed by atoms with Crippen LogP contribution in [0.15, 0.2) is 36.5 Å². The third-order valence-corrected chi connectivity index (χ3v) is 6.96. The molecule has 2 amide bonds. The highest BCUT2D eigenvalue weighted by molar-refractivity contribution is 6.43. The van der Waals surface area contributed by atoms with Gasteiger partial charge in [0.15, 0.2) is 0 Å². The molecule has 0 saturated carbocycles. The second-order valence-corrected chi connectivity index (χ2v) is 9.19. The molecule has 0 aliphatic carbocycles. The van der Waals surface area contributed by atoms with Crippen molar-refractivity contribution in [2.45, 2.75) is 25.4 Å². The SMILES string of the molecule is COc1nc(-c2cccc(-c3ccnc(Cl)c3Cl)c2Cl)cc(F)c1CN(C[C@@H]1CCC(=O)N1)C(=O)O. The van der Waals surface area contributed by atoms with Crippen molar-refractivity contribution >= 4 is 46.8 Å². The Bertz CT molecular complexity index is 1340. The number of hydrogen-bond acceptors (Lipinski definition) is 5. The fourth-order valence-corrected chi connectivity index (χ4v) is 4.71. The Balaban J connectivity index is 1.69. The van der Waals surface area contributed by atoms with Crippen LogP contribution in [0.1, 0.15) is 18.4 Å². The Morgan fingerprint density at radius 1 is 1.22 bits per heavy atom. The highest BCUT2D eigenvalue weighted by Crippen LogP contribution is 2.41. The number of amides is 2. The maximum atomic E-state index is 15.4. The molecule has 1 fully saturated rings. The van der Waals surface area contributed by atoms with Crippen molar-refractivity contribution in [3.8, 4) is 28.3 Å². The molecule has 2 N–H and O–H groups in total. The molecule has 36 heavy (non-hydrogen) atoms. The monoisotopic (exact) mass is 552 g/mol. The van der Waals surface area contributed by atoms with Gasteiger partial charge < -0.3 is 20.1 Å². The number of aromatic nitrogens is 2. The highest BCUT2D eigenvalue weighted by Gasteiger charge is 2.27.